The number of hydrogen-bond donors (Lipinski definition) is 0. The summed E-state index contributed by atoms with van der Waals surface area (Å²) in [7, 11) is 0. The van der Waals surface area contributed by atoms with E-state index in [1.165, 1.54) is 4.57 Å². The second-order valence-electron chi connectivity index (χ2n) is 5.89. The summed E-state index contributed by atoms with van der Waals surface area (Å²) in [5, 5.41) is 2.92. The Morgan fingerprint density at radius 3 is 2.35 bits per heavy atom. The molecule has 1 aromatic heterocycles. The zero-order valence-electron chi connectivity index (χ0n) is 14.1. The van der Waals surface area contributed by atoms with E-state index in [0.717, 1.165) is 10.8 Å². The van der Waals surface area contributed by atoms with E-state index in [9.17, 15) is 9.59 Å². The highest BCUT2D eigenvalue weighted by atomic mass is 35.5. The third-order valence-electron chi connectivity index (χ3n) is 4.11. The zero-order valence-corrected chi connectivity index (χ0v) is 15.6. The summed E-state index contributed by atoms with van der Waals surface area (Å²) in [4.78, 5) is 25.1. The summed E-state index contributed by atoms with van der Waals surface area (Å²) in [6.07, 6.45) is 3.42. The molecule has 0 radical (unpaired) electrons. The Bertz CT molecular complexity index is 947. The van der Waals surface area contributed by atoms with E-state index in [2.05, 4.69) is 0 Å². The number of ether oxygens (including phenoxy) is 1. The molecule has 0 aliphatic heterocycles. The maximum absolute atomic E-state index is 13.1. The van der Waals surface area contributed by atoms with Crippen LogP contribution in [0.15, 0.2) is 54.9 Å². The molecule has 0 spiro atoms. The van der Waals surface area contributed by atoms with Gasteiger partial charge in [0.05, 0.1) is 18.9 Å². The quantitative estimate of drug-likeness (QED) is 0.554. The number of fused-ring (bicyclic) bond motifs is 1. The van der Waals surface area contributed by atoms with Crippen molar-refractivity contribution < 1.29 is 14.3 Å². The van der Waals surface area contributed by atoms with Gasteiger partial charge in [0.2, 0.25) is 5.91 Å². The van der Waals surface area contributed by atoms with E-state index in [1.807, 2.05) is 6.07 Å². The molecule has 0 fully saturated rings. The van der Waals surface area contributed by atoms with Crippen molar-refractivity contribution >= 4 is 45.9 Å². The fourth-order valence-electron chi connectivity index (χ4n) is 2.85. The van der Waals surface area contributed by atoms with Crippen LogP contribution in [0, 0.1) is 0 Å². The first-order chi connectivity index (χ1) is 12.5. The average Bonchev–Trinajstić information content (AvgIpc) is 3.03. The summed E-state index contributed by atoms with van der Waals surface area (Å²) in [6, 6.07) is 12.3. The van der Waals surface area contributed by atoms with Crippen LogP contribution in [0.25, 0.3) is 10.8 Å². The standard InChI is InChI=1S/C20H17Cl2NO3/c1-2-26-19(24)10-18(13-3-6-16(21)7-4-13)20(25)23-11-14-5-8-17(22)9-15(14)12-23/h3-9,11-12,18H,2,10H2,1H3. The second kappa shape index (κ2) is 7.94. The summed E-state index contributed by atoms with van der Waals surface area (Å²) >= 11 is 12.0. The van der Waals surface area contributed by atoms with Gasteiger partial charge in [-0.25, -0.2) is 0 Å². The van der Waals surface area contributed by atoms with Crippen LogP contribution in [-0.2, 0) is 9.53 Å². The molecule has 4 nitrogen and oxygen atoms in total. The summed E-state index contributed by atoms with van der Waals surface area (Å²) in [5.74, 6) is -1.29. The molecule has 1 atom stereocenters. The van der Waals surface area contributed by atoms with E-state index >= 15 is 0 Å². The van der Waals surface area contributed by atoms with Crippen LogP contribution in [0.4, 0.5) is 0 Å². The molecule has 0 N–H and O–H groups in total. The van der Waals surface area contributed by atoms with Crippen molar-refractivity contribution in [1.82, 2.24) is 4.57 Å². The normalized spacial score (nSPS) is 12.1. The van der Waals surface area contributed by atoms with Gasteiger partial charge in [-0.3, -0.25) is 14.2 Å². The monoisotopic (exact) mass is 389 g/mol. The van der Waals surface area contributed by atoms with Gasteiger partial charge in [-0.1, -0.05) is 41.4 Å². The number of carbonyl (C=O) groups is 2. The van der Waals surface area contributed by atoms with Gasteiger partial charge in [-0.15, -0.1) is 0 Å². The van der Waals surface area contributed by atoms with Gasteiger partial charge < -0.3 is 4.74 Å². The van der Waals surface area contributed by atoms with Crippen molar-refractivity contribution in [2.45, 2.75) is 19.3 Å². The topological polar surface area (TPSA) is 48.3 Å². The molecule has 3 rings (SSSR count). The highest BCUT2D eigenvalue weighted by molar-refractivity contribution is 6.31. The van der Waals surface area contributed by atoms with Crippen LogP contribution in [0.5, 0.6) is 0 Å². The fourth-order valence-corrected chi connectivity index (χ4v) is 3.16. The summed E-state index contributed by atoms with van der Waals surface area (Å²) in [6.45, 7) is 2.01. The molecular formula is C20H17Cl2NO3. The molecule has 1 heterocycles. The van der Waals surface area contributed by atoms with Crippen LogP contribution in [-0.4, -0.2) is 23.1 Å². The Balaban J connectivity index is 1.96. The first-order valence-electron chi connectivity index (χ1n) is 8.20. The minimum atomic E-state index is -0.663. The van der Waals surface area contributed by atoms with E-state index in [-0.39, 0.29) is 18.9 Å². The fraction of sp³-hybridized carbons (Fsp3) is 0.200. The molecule has 3 aromatic rings. The number of rotatable bonds is 5. The molecule has 0 saturated carbocycles. The molecule has 0 aliphatic carbocycles. The van der Waals surface area contributed by atoms with Crippen LogP contribution >= 0.6 is 23.2 Å². The van der Waals surface area contributed by atoms with Crippen LogP contribution < -0.4 is 0 Å². The van der Waals surface area contributed by atoms with E-state index in [4.69, 9.17) is 27.9 Å². The number of hydrogen-bond acceptors (Lipinski definition) is 3. The molecule has 0 bridgehead atoms. The van der Waals surface area contributed by atoms with Gasteiger partial charge in [-0.05, 0) is 42.1 Å². The minimum absolute atomic E-state index is 0.0381. The number of benzene rings is 2. The minimum Gasteiger partial charge on any atom is -0.466 e. The largest absolute Gasteiger partial charge is 0.466 e. The van der Waals surface area contributed by atoms with Gasteiger partial charge >= 0.3 is 5.97 Å². The zero-order chi connectivity index (χ0) is 18.7. The average molecular weight is 390 g/mol. The predicted molar refractivity (Wildman–Crippen MR) is 103 cm³/mol. The first-order valence-corrected chi connectivity index (χ1v) is 8.96. The van der Waals surface area contributed by atoms with Crippen molar-refractivity contribution in [3.63, 3.8) is 0 Å². The van der Waals surface area contributed by atoms with Gasteiger partial charge in [0.15, 0.2) is 0 Å². The lowest BCUT2D eigenvalue weighted by Crippen LogP contribution is -2.22. The van der Waals surface area contributed by atoms with E-state index in [1.54, 1.807) is 55.7 Å². The summed E-state index contributed by atoms with van der Waals surface area (Å²) < 4.78 is 6.53. The molecule has 26 heavy (non-hydrogen) atoms. The lowest BCUT2D eigenvalue weighted by Gasteiger charge is -2.16. The maximum Gasteiger partial charge on any atom is 0.306 e. The SMILES string of the molecule is CCOC(=O)CC(C(=O)n1cc2ccc(Cl)cc2c1)c1ccc(Cl)cc1. The number of esters is 1. The Morgan fingerprint density at radius 2 is 1.65 bits per heavy atom. The van der Waals surface area contributed by atoms with Gasteiger partial charge in [0, 0.05) is 27.8 Å². The van der Waals surface area contributed by atoms with E-state index < -0.39 is 11.9 Å². The number of carbonyl (C=O) groups excluding carboxylic acids is 2. The van der Waals surface area contributed by atoms with Crippen molar-refractivity contribution in [2.24, 2.45) is 0 Å². The van der Waals surface area contributed by atoms with Gasteiger partial charge in [0.25, 0.3) is 0 Å². The number of halogens is 2. The first kappa shape index (κ1) is 18.5. The van der Waals surface area contributed by atoms with Crippen LogP contribution in [0.1, 0.15) is 29.6 Å². The van der Waals surface area contributed by atoms with Crippen LogP contribution in [0.3, 0.4) is 0 Å². The Labute approximate surface area is 161 Å². The lowest BCUT2D eigenvalue weighted by atomic mass is 9.94. The van der Waals surface area contributed by atoms with Gasteiger partial charge in [0.1, 0.15) is 0 Å². The lowest BCUT2D eigenvalue weighted by molar-refractivity contribution is -0.143. The second-order valence-corrected chi connectivity index (χ2v) is 6.76. The van der Waals surface area contributed by atoms with Gasteiger partial charge in [-0.2, -0.15) is 0 Å². The molecule has 6 heteroatoms. The highest BCUT2D eigenvalue weighted by Crippen LogP contribution is 2.27. The molecular weight excluding hydrogens is 373 g/mol. The van der Waals surface area contributed by atoms with Crippen molar-refractivity contribution in [3.05, 3.63) is 70.5 Å². The maximum atomic E-state index is 13.1. The number of aromatic nitrogens is 1. The Kier molecular flexibility index (Phi) is 5.64. The smallest absolute Gasteiger partial charge is 0.306 e. The third kappa shape index (κ3) is 4.09. The summed E-state index contributed by atoms with van der Waals surface area (Å²) in [5.41, 5.74) is 0.711. The van der Waals surface area contributed by atoms with Crippen LogP contribution in [0.2, 0.25) is 10.0 Å². The molecule has 0 saturated heterocycles. The Hall–Kier alpha value is -2.30. The Morgan fingerprint density at radius 1 is 1.00 bits per heavy atom. The number of nitrogens with zero attached hydrogens (tertiary/aromatic N) is 1. The molecule has 1 unspecified atom stereocenters. The highest BCUT2D eigenvalue weighted by Gasteiger charge is 2.26. The molecule has 2 aromatic carbocycles. The van der Waals surface area contributed by atoms with E-state index in [0.29, 0.717) is 15.6 Å². The third-order valence-corrected chi connectivity index (χ3v) is 4.59. The predicted octanol–water partition coefficient (Wildman–Crippen LogP) is 5.33. The molecule has 0 amide bonds. The van der Waals surface area contributed by atoms with Crippen molar-refractivity contribution in [3.8, 4) is 0 Å². The molecule has 0 aliphatic rings. The van der Waals surface area contributed by atoms with Crippen molar-refractivity contribution in [1.29, 1.82) is 0 Å². The molecule has 134 valence electrons. The van der Waals surface area contributed by atoms with Crippen molar-refractivity contribution in [2.75, 3.05) is 6.61 Å².